The van der Waals surface area contributed by atoms with Crippen molar-refractivity contribution in [3.8, 4) is 0 Å². The van der Waals surface area contributed by atoms with E-state index in [-0.39, 0.29) is 29.8 Å². The fourth-order valence-electron chi connectivity index (χ4n) is 1.59. The van der Waals surface area contributed by atoms with E-state index in [0.29, 0.717) is 13.1 Å². The van der Waals surface area contributed by atoms with Gasteiger partial charge < -0.3 is 16.0 Å². The summed E-state index contributed by atoms with van der Waals surface area (Å²) < 4.78 is 0. The number of anilines is 2. The van der Waals surface area contributed by atoms with Crippen molar-refractivity contribution in [1.82, 2.24) is 9.88 Å². The Morgan fingerprint density at radius 3 is 2.63 bits per heavy atom. The summed E-state index contributed by atoms with van der Waals surface area (Å²) in [7, 11) is 0. The lowest BCUT2D eigenvalue weighted by atomic mass is 10.3. The van der Waals surface area contributed by atoms with Crippen LogP contribution in [0.1, 0.15) is 13.8 Å². The van der Waals surface area contributed by atoms with Crippen LogP contribution >= 0.6 is 0 Å². The molecule has 0 aliphatic heterocycles. The topological polar surface area (TPSA) is 114 Å². The summed E-state index contributed by atoms with van der Waals surface area (Å²) in [5.74, 6) is 0.149. The molecule has 0 aromatic carbocycles. The number of amides is 1. The zero-order valence-electron chi connectivity index (χ0n) is 10.9. The fourth-order valence-corrected chi connectivity index (χ4v) is 1.59. The average Bonchev–Trinajstić information content (AvgIpc) is 2.37. The standard InChI is InChI=1S/C11H17N5O3/c1-3-15(4-2)11(17)7-13-10-6-8(16(18)19)5-9(12)14-10/h5-6H,3-4,7H2,1-2H3,(H3,12,13,14). The van der Waals surface area contributed by atoms with Gasteiger partial charge in [0.05, 0.1) is 23.6 Å². The number of rotatable bonds is 6. The molecule has 19 heavy (non-hydrogen) atoms. The van der Waals surface area contributed by atoms with Crippen molar-refractivity contribution >= 4 is 23.2 Å². The molecule has 1 aromatic heterocycles. The predicted molar refractivity (Wildman–Crippen MR) is 71.7 cm³/mol. The van der Waals surface area contributed by atoms with Gasteiger partial charge in [-0.15, -0.1) is 0 Å². The van der Waals surface area contributed by atoms with Crippen molar-refractivity contribution in [1.29, 1.82) is 0 Å². The highest BCUT2D eigenvalue weighted by Crippen LogP contribution is 2.18. The molecule has 0 aliphatic carbocycles. The van der Waals surface area contributed by atoms with E-state index >= 15 is 0 Å². The van der Waals surface area contributed by atoms with Gasteiger partial charge in [0, 0.05) is 13.1 Å². The molecule has 1 aromatic rings. The van der Waals surface area contributed by atoms with Crippen LogP contribution in [0, 0.1) is 10.1 Å². The Hall–Kier alpha value is -2.38. The number of nitrogens with zero attached hydrogens (tertiary/aromatic N) is 3. The highest BCUT2D eigenvalue weighted by molar-refractivity contribution is 5.80. The van der Waals surface area contributed by atoms with Gasteiger partial charge in [0.2, 0.25) is 5.91 Å². The molecule has 104 valence electrons. The smallest absolute Gasteiger partial charge is 0.276 e. The van der Waals surface area contributed by atoms with Crippen LogP contribution in [0.25, 0.3) is 0 Å². The lowest BCUT2D eigenvalue weighted by Crippen LogP contribution is -2.35. The number of nitro groups is 1. The number of likely N-dealkylation sites (N-methyl/N-ethyl adjacent to an activating group) is 1. The molecule has 8 heteroatoms. The second kappa shape index (κ2) is 6.53. The number of hydrogen-bond acceptors (Lipinski definition) is 6. The molecule has 0 saturated carbocycles. The van der Waals surface area contributed by atoms with Gasteiger partial charge in [0.25, 0.3) is 5.69 Å². The first-order valence-corrected chi connectivity index (χ1v) is 5.91. The Kier molecular flexibility index (Phi) is 5.04. The van der Waals surface area contributed by atoms with Crippen molar-refractivity contribution in [3.63, 3.8) is 0 Å². The molecule has 0 bridgehead atoms. The molecule has 0 spiro atoms. The van der Waals surface area contributed by atoms with E-state index in [1.165, 1.54) is 6.07 Å². The summed E-state index contributed by atoms with van der Waals surface area (Å²) in [5.41, 5.74) is 5.30. The number of carbonyl (C=O) groups is 1. The molecule has 3 N–H and O–H groups in total. The maximum absolute atomic E-state index is 11.8. The van der Waals surface area contributed by atoms with E-state index in [4.69, 9.17) is 5.73 Å². The number of aromatic nitrogens is 1. The van der Waals surface area contributed by atoms with Crippen LogP contribution in [0.15, 0.2) is 12.1 Å². The lowest BCUT2D eigenvalue weighted by molar-refractivity contribution is -0.384. The fraction of sp³-hybridized carbons (Fsp3) is 0.455. The second-order valence-corrected chi connectivity index (χ2v) is 3.81. The summed E-state index contributed by atoms with van der Waals surface area (Å²) in [6, 6.07) is 2.41. The molecule has 0 fully saturated rings. The molecule has 1 heterocycles. The number of carbonyl (C=O) groups excluding carboxylic acids is 1. The van der Waals surface area contributed by atoms with Gasteiger partial charge >= 0.3 is 0 Å². The van der Waals surface area contributed by atoms with Gasteiger partial charge in [-0.2, -0.15) is 0 Å². The van der Waals surface area contributed by atoms with Crippen LogP contribution in [0.5, 0.6) is 0 Å². The van der Waals surface area contributed by atoms with Crippen molar-refractivity contribution < 1.29 is 9.72 Å². The Morgan fingerprint density at radius 1 is 1.47 bits per heavy atom. The average molecular weight is 267 g/mol. The lowest BCUT2D eigenvalue weighted by Gasteiger charge is -2.18. The molecule has 0 unspecified atom stereocenters. The summed E-state index contributed by atoms with van der Waals surface area (Å²) in [5, 5.41) is 13.4. The molecule has 8 nitrogen and oxygen atoms in total. The first kappa shape index (κ1) is 14.7. The SMILES string of the molecule is CCN(CC)C(=O)CNc1cc([N+](=O)[O-])cc(N)n1. The molecule has 0 radical (unpaired) electrons. The van der Waals surface area contributed by atoms with Crippen LogP contribution in [0.2, 0.25) is 0 Å². The molecule has 0 aliphatic rings. The monoisotopic (exact) mass is 267 g/mol. The largest absolute Gasteiger partial charge is 0.383 e. The number of hydrogen-bond donors (Lipinski definition) is 2. The van der Waals surface area contributed by atoms with Crippen molar-refractivity contribution in [2.75, 3.05) is 30.7 Å². The van der Waals surface area contributed by atoms with E-state index in [1.54, 1.807) is 4.90 Å². The summed E-state index contributed by atoms with van der Waals surface area (Å²) in [6.07, 6.45) is 0. The van der Waals surface area contributed by atoms with Crippen molar-refractivity contribution in [2.45, 2.75) is 13.8 Å². The van der Waals surface area contributed by atoms with Crippen LogP contribution < -0.4 is 11.1 Å². The number of nitrogen functional groups attached to an aromatic ring is 1. The summed E-state index contributed by atoms with van der Waals surface area (Å²) in [4.78, 5) is 27.4. The predicted octanol–water partition coefficient (Wildman–Crippen LogP) is 0.852. The normalized spacial score (nSPS) is 10.0. The molecule has 1 amide bonds. The highest BCUT2D eigenvalue weighted by Gasteiger charge is 2.12. The third-order valence-corrected chi connectivity index (χ3v) is 2.58. The number of nitrogens with one attached hydrogen (secondary N) is 1. The minimum Gasteiger partial charge on any atom is -0.383 e. The Labute approximate surface area is 110 Å². The maximum Gasteiger partial charge on any atom is 0.276 e. The summed E-state index contributed by atoms with van der Waals surface area (Å²) in [6.45, 7) is 5.01. The molecular weight excluding hydrogens is 250 g/mol. The van der Waals surface area contributed by atoms with Crippen LogP contribution in [-0.4, -0.2) is 40.3 Å². The van der Waals surface area contributed by atoms with E-state index in [2.05, 4.69) is 10.3 Å². The van der Waals surface area contributed by atoms with Crippen molar-refractivity contribution in [2.24, 2.45) is 0 Å². The zero-order chi connectivity index (χ0) is 14.4. The van der Waals surface area contributed by atoms with Gasteiger partial charge in [-0.3, -0.25) is 14.9 Å². The quantitative estimate of drug-likeness (QED) is 0.583. The van der Waals surface area contributed by atoms with Gasteiger partial charge in [0.1, 0.15) is 11.6 Å². The Balaban J connectivity index is 2.72. The second-order valence-electron chi connectivity index (χ2n) is 3.81. The maximum atomic E-state index is 11.8. The number of pyridine rings is 1. The minimum atomic E-state index is -0.560. The van der Waals surface area contributed by atoms with E-state index in [0.717, 1.165) is 6.07 Å². The van der Waals surface area contributed by atoms with E-state index in [9.17, 15) is 14.9 Å². The van der Waals surface area contributed by atoms with Gasteiger partial charge in [0.15, 0.2) is 0 Å². The van der Waals surface area contributed by atoms with Crippen LogP contribution in [0.3, 0.4) is 0 Å². The molecule has 1 rings (SSSR count). The zero-order valence-corrected chi connectivity index (χ0v) is 10.9. The number of nitrogens with two attached hydrogens (primary N) is 1. The first-order chi connectivity index (χ1) is 8.97. The van der Waals surface area contributed by atoms with E-state index < -0.39 is 4.92 Å². The van der Waals surface area contributed by atoms with E-state index in [1.807, 2.05) is 13.8 Å². The Bertz CT molecular complexity index is 473. The molecule has 0 saturated heterocycles. The van der Waals surface area contributed by atoms with Gasteiger partial charge in [-0.05, 0) is 13.8 Å². The third kappa shape index (κ3) is 4.09. The van der Waals surface area contributed by atoms with Crippen LogP contribution in [-0.2, 0) is 4.79 Å². The minimum absolute atomic E-state index is 0.0231. The molecule has 0 atom stereocenters. The van der Waals surface area contributed by atoms with Gasteiger partial charge in [-0.25, -0.2) is 4.98 Å². The first-order valence-electron chi connectivity index (χ1n) is 5.91. The third-order valence-electron chi connectivity index (χ3n) is 2.58. The Morgan fingerprint density at radius 2 is 2.11 bits per heavy atom. The molecular formula is C11H17N5O3. The van der Waals surface area contributed by atoms with Crippen LogP contribution in [0.4, 0.5) is 17.3 Å². The summed E-state index contributed by atoms with van der Waals surface area (Å²) >= 11 is 0. The highest BCUT2D eigenvalue weighted by atomic mass is 16.6. The van der Waals surface area contributed by atoms with Gasteiger partial charge in [-0.1, -0.05) is 0 Å². The van der Waals surface area contributed by atoms with Crippen molar-refractivity contribution in [3.05, 3.63) is 22.2 Å².